The van der Waals surface area contributed by atoms with Gasteiger partial charge in [-0.3, -0.25) is 9.89 Å². The number of nitrogens with two attached hydrogens (primary N) is 1. The summed E-state index contributed by atoms with van der Waals surface area (Å²) in [7, 11) is 0. The van der Waals surface area contributed by atoms with Gasteiger partial charge in [0.2, 0.25) is 11.8 Å². The van der Waals surface area contributed by atoms with Gasteiger partial charge < -0.3 is 11.1 Å². The summed E-state index contributed by atoms with van der Waals surface area (Å²) in [5, 5.41) is 16.0. The van der Waals surface area contributed by atoms with Gasteiger partial charge in [-0.05, 0) is 12.1 Å². The normalized spacial score (nSPS) is 10.0. The molecule has 8 heteroatoms. The van der Waals surface area contributed by atoms with E-state index in [0.29, 0.717) is 5.69 Å². The first kappa shape index (κ1) is 10.0. The van der Waals surface area contributed by atoms with Crippen LogP contribution < -0.4 is 11.1 Å². The largest absolute Gasteiger partial charge is 0.366 e. The van der Waals surface area contributed by atoms with Crippen LogP contribution in [0.3, 0.4) is 0 Å². The Morgan fingerprint density at radius 1 is 1.56 bits per heavy atom. The van der Waals surface area contributed by atoms with Gasteiger partial charge in [0.15, 0.2) is 0 Å². The predicted molar refractivity (Wildman–Crippen MR) is 54.0 cm³/mol. The summed E-state index contributed by atoms with van der Waals surface area (Å²) in [5.41, 5.74) is 5.92. The minimum Gasteiger partial charge on any atom is -0.366 e. The van der Waals surface area contributed by atoms with Gasteiger partial charge in [0.05, 0.1) is 12.2 Å². The number of H-pyrrole nitrogens is 1. The number of amides is 1. The van der Waals surface area contributed by atoms with Crippen molar-refractivity contribution in [3.63, 3.8) is 0 Å². The summed E-state index contributed by atoms with van der Waals surface area (Å²) in [6, 6.07) is 3.49. The molecule has 0 spiro atoms. The zero-order valence-corrected chi connectivity index (χ0v) is 8.21. The number of hydrogen-bond acceptors (Lipinski definition) is 6. The van der Waals surface area contributed by atoms with Crippen molar-refractivity contribution in [2.24, 2.45) is 0 Å². The fourth-order valence-electron chi connectivity index (χ4n) is 1.06. The van der Waals surface area contributed by atoms with Gasteiger partial charge in [-0.25, -0.2) is 0 Å². The Morgan fingerprint density at radius 2 is 2.44 bits per heavy atom. The Labute approximate surface area is 90.3 Å². The van der Waals surface area contributed by atoms with E-state index in [0.717, 1.165) is 0 Å². The molecular weight excluding hydrogens is 210 g/mol. The number of carbonyl (C=O) groups is 1. The number of aromatic nitrogens is 5. The molecule has 0 saturated heterocycles. The van der Waals surface area contributed by atoms with Crippen molar-refractivity contribution >= 4 is 11.9 Å². The lowest BCUT2D eigenvalue weighted by Gasteiger charge is -2.00. The first-order valence-electron chi connectivity index (χ1n) is 4.48. The number of carbonyl (C=O) groups excluding carboxylic acids is 1. The average Bonchev–Trinajstić information content (AvgIpc) is 2.74. The standard InChI is InChI=1S/C8H9N7O/c9-8-12-6(14-15-8)7(16)10-4-5-2-1-3-11-13-5/h1-3H,4H2,(H,10,16)(H3,9,12,14,15). The van der Waals surface area contributed by atoms with Crippen molar-refractivity contribution in [3.8, 4) is 0 Å². The quantitative estimate of drug-likeness (QED) is 0.615. The van der Waals surface area contributed by atoms with E-state index >= 15 is 0 Å². The zero-order valence-electron chi connectivity index (χ0n) is 8.21. The van der Waals surface area contributed by atoms with Crippen LogP contribution in [0.1, 0.15) is 16.3 Å². The van der Waals surface area contributed by atoms with Crippen LogP contribution in [0.25, 0.3) is 0 Å². The first-order chi connectivity index (χ1) is 7.75. The van der Waals surface area contributed by atoms with E-state index in [4.69, 9.17) is 5.73 Å². The van der Waals surface area contributed by atoms with Crippen molar-refractivity contribution in [3.05, 3.63) is 29.8 Å². The van der Waals surface area contributed by atoms with E-state index in [-0.39, 0.29) is 18.3 Å². The molecule has 2 aromatic rings. The average molecular weight is 219 g/mol. The fraction of sp³-hybridized carbons (Fsp3) is 0.125. The van der Waals surface area contributed by atoms with Crippen molar-refractivity contribution in [2.75, 3.05) is 5.73 Å². The van der Waals surface area contributed by atoms with E-state index in [1.165, 1.54) is 0 Å². The molecule has 2 aromatic heterocycles. The molecule has 1 amide bonds. The summed E-state index contributed by atoms with van der Waals surface area (Å²) in [5.74, 6) is -0.291. The summed E-state index contributed by atoms with van der Waals surface area (Å²) < 4.78 is 0. The second kappa shape index (κ2) is 4.34. The lowest BCUT2D eigenvalue weighted by Crippen LogP contribution is -2.24. The Balaban J connectivity index is 1.94. The highest BCUT2D eigenvalue weighted by atomic mass is 16.2. The molecule has 0 aliphatic rings. The maximum atomic E-state index is 11.5. The van der Waals surface area contributed by atoms with Crippen LogP contribution in [0.2, 0.25) is 0 Å². The number of hydrogen-bond donors (Lipinski definition) is 3. The molecule has 0 aromatic carbocycles. The smallest absolute Gasteiger partial charge is 0.288 e. The number of nitrogen functional groups attached to an aromatic ring is 1. The molecule has 0 bridgehead atoms. The SMILES string of the molecule is Nc1n[nH]c(C(=O)NCc2cccnn2)n1. The minimum atomic E-state index is -0.394. The lowest BCUT2D eigenvalue weighted by molar-refractivity contribution is 0.0940. The maximum Gasteiger partial charge on any atom is 0.288 e. The van der Waals surface area contributed by atoms with Crippen LogP contribution in [-0.2, 0) is 6.54 Å². The molecule has 4 N–H and O–H groups in total. The lowest BCUT2D eigenvalue weighted by atomic mass is 10.4. The van der Waals surface area contributed by atoms with Gasteiger partial charge in [0, 0.05) is 6.20 Å². The van der Waals surface area contributed by atoms with Crippen molar-refractivity contribution in [2.45, 2.75) is 6.54 Å². The number of nitrogens with one attached hydrogen (secondary N) is 2. The van der Waals surface area contributed by atoms with Crippen LogP contribution in [0.4, 0.5) is 5.95 Å². The van der Waals surface area contributed by atoms with Crippen molar-refractivity contribution in [1.29, 1.82) is 0 Å². The van der Waals surface area contributed by atoms with Crippen LogP contribution in [0, 0.1) is 0 Å². The van der Waals surface area contributed by atoms with Gasteiger partial charge in [-0.1, -0.05) is 0 Å². The molecule has 0 saturated carbocycles. The molecule has 0 fully saturated rings. The molecule has 0 radical (unpaired) electrons. The molecule has 2 rings (SSSR count). The highest BCUT2D eigenvalue weighted by molar-refractivity contribution is 5.90. The van der Waals surface area contributed by atoms with Crippen molar-refractivity contribution < 1.29 is 4.79 Å². The Morgan fingerprint density at radius 3 is 3.06 bits per heavy atom. The van der Waals surface area contributed by atoms with Crippen LogP contribution in [-0.4, -0.2) is 31.3 Å². The molecule has 0 aliphatic heterocycles. The van der Waals surface area contributed by atoms with Crippen molar-refractivity contribution in [1.82, 2.24) is 30.7 Å². The molecule has 8 nitrogen and oxygen atoms in total. The third-order valence-corrected chi connectivity index (χ3v) is 1.78. The number of aromatic amines is 1. The molecule has 0 aliphatic carbocycles. The monoisotopic (exact) mass is 219 g/mol. The van der Waals surface area contributed by atoms with Gasteiger partial charge in [0.25, 0.3) is 5.91 Å². The summed E-state index contributed by atoms with van der Waals surface area (Å²) in [6.07, 6.45) is 1.56. The third-order valence-electron chi connectivity index (χ3n) is 1.78. The van der Waals surface area contributed by atoms with Gasteiger partial charge in [0.1, 0.15) is 0 Å². The van der Waals surface area contributed by atoms with E-state index in [1.807, 2.05) is 0 Å². The van der Waals surface area contributed by atoms with Gasteiger partial charge in [-0.2, -0.15) is 15.2 Å². The third kappa shape index (κ3) is 2.29. The molecular formula is C8H9N7O. The molecule has 2 heterocycles. The number of rotatable bonds is 3. The summed E-state index contributed by atoms with van der Waals surface area (Å²) in [6.45, 7) is 0.271. The summed E-state index contributed by atoms with van der Waals surface area (Å²) in [4.78, 5) is 15.2. The van der Waals surface area contributed by atoms with Crippen LogP contribution in [0.5, 0.6) is 0 Å². The molecule has 0 unspecified atom stereocenters. The Bertz CT molecular complexity index is 480. The number of nitrogens with zero attached hydrogens (tertiary/aromatic N) is 4. The predicted octanol–water partition coefficient (Wildman–Crippen LogP) is -0.893. The Kier molecular flexibility index (Phi) is 2.72. The maximum absolute atomic E-state index is 11.5. The van der Waals surface area contributed by atoms with E-state index in [1.54, 1.807) is 18.3 Å². The molecule has 0 atom stereocenters. The minimum absolute atomic E-state index is 0.0321. The fourth-order valence-corrected chi connectivity index (χ4v) is 1.06. The topological polar surface area (TPSA) is 122 Å². The Hall–Kier alpha value is -2.51. The number of anilines is 1. The van der Waals surface area contributed by atoms with Gasteiger partial charge >= 0.3 is 0 Å². The van der Waals surface area contributed by atoms with E-state index < -0.39 is 5.91 Å². The van der Waals surface area contributed by atoms with Gasteiger partial charge in [-0.15, -0.1) is 5.10 Å². The second-order valence-electron chi connectivity index (χ2n) is 2.94. The van der Waals surface area contributed by atoms with E-state index in [2.05, 4.69) is 30.7 Å². The molecule has 82 valence electrons. The second-order valence-corrected chi connectivity index (χ2v) is 2.94. The van der Waals surface area contributed by atoms with E-state index in [9.17, 15) is 4.79 Å². The highest BCUT2D eigenvalue weighted by Crippen LogP contribution is 1.94. The van der Waals surface area contributed by atoms with Crippen LogP contribution >= 0.6 is 0 Å². The molecule has 16 heavy (non-hydrogen) atoms. The highest BCUT2D eigenvalue weighted by Gasteiger charge is 2.09. The summed E-state index contributed by atoms with van der Waals surface area (Å²) >= 11 is 0. The van der Waals surface area contributed by atoms with Crippen LogP contribution in [0.15, 0.2) is 18.3 Å². The first-order valence-corrected chi connectivity index (χ1v) is 4.48. The zero-order chi connectivity index (χ0) is 11.4.